The van der Waals surface area contributed by atoms with Gasteiger partial charge in [-0.25, -0.2) is 0 Å². The summed E-state index contributed by atoms with van der Waals surface area (Å²) < 4.78 is 0. The lowest BCUT2D eigenvalue weighted by Crippen LogP contribution is -2.64. The zero-order valence-electron chi connectivity index (χ0n) is 11.0. The van der Waals surface area contributed by atoms with E-state index < -0.39 is 0 Å². The molecule has 3 rings (SSSR count). The second-order valence-corrected chi connectivity index (χ2v) is 5.29. The largest absolute Gasteiger partial charge is 0.342 e. The fourth-order valence-corrected chi connectivity index (χ4v) is 2.74. The molecule has 2 atom stereocenters. The number of benzene rings is 1. The maximum absolute atomic E-state index is 12.6. The lowest BCUT2D eigenvalue weighted by atomic mass is 10.0. The van der Waals surface area contributed by atoms with E-state index in [1.165, 1.54) is 0 Å². The predicted molar refractivity (Wildman–Crippen MR) is 72.7 cm³/mol. The molecule has 19 heavy (non-hydrogen) atoms. The summed E-state index contributed by atoms with van der Waals surface area (Å²) in [6.07, 6.45) is 2.70. The van der Waals surface area contributed by atoms with Gasteiger partial charge >= 0.3 is 0 Å². The van der Waals surface area contributed by atoms with E-state index >= 15 is 0 Å². The van der Waals surface area contributed by atoms with Gasteiger partial charge in [-0.05, 0) is 37.3 Å². The molecule has 1 aliphatic heterocycles. The number of piperazine rings is 1. The van der Waals surface area contributed by atoms with Crippen LogP contribution in [0.15, 0.2) is 30.3 Å². The van der Waals surface area contributed by atoms with Gasteiger partial charge in [-0.3, -0.25) is 14.5 Å². The van der Waals surface area contributed by atoms with Crippen molar-refractivity contribution in [3.63, 3.8) is 0 Å². The number of hydrogen-bond donors (Lipinski definition) is 1. The average molecular weight is 258 g/mol. The maximum atomic E-state index is 12.6. The average Bonchev–Trinajstić information content (AvgIpc) is 3.26. The summed E-state index contributed by atoms with van der Waals surface area (Å²) in [5.74, 6) is 0.350. The van der Waals surface area contributed by atoms with Crippen LogP contribution in [0.4, 0.5) is 5.69 Å². The van der Waals surface area contributed by atoms with Gasteiger partial charge < -0.3 is 5.32 Å². The zero-order valence-corrected chi connectivity index (χ0v) is 11.0. The lowest BCUT2D eigenvalue weighted by molar-refractivity contribution is -0.134. The molecule has 1 heterocycles. The van der Waals surface area contributed by atoms with E-state index in [-0.39, 0.29) is 23.9 Å². The van der Waals surface area contributed by atoms with E-state index in [9.17, 15) is 9.59 Å². The molecule has 4 nitrogen and oxygen atoms in total. The fourth-order valence-electron chi connectivity index (χ4n) is 2.74. The monoisotopic (exact) mass is 258 g/mol. The number of amides is 2. The Kier molecular flexibility index (Phi) is 3.01. The van der Waals surface area contributed by atoms with Gasteiger partial charge in [0, 0.05) is 5.69 Å². The molecule has 2 unspecified atom stereocenters. The van der Waals surface area contributed by atoms with Crippen LogP contribution >= 0.6 is 0 Å². The summed E-state index contributed by atoms with van der Waals surface area (Å²) in [6.45, 7) is 1.94. The molecule has 0 aromatic heterocycles. The molecule has 2 aliphatic rings. The van der Waals surface area contributed by atoms with Gasteiger partial charge in [0.05, 0.1) is 0 Å². The van der Waals surface area contributed by atoms with E-state index in [4.69, 9.17) is 0 Å². The van der Waals surface area contributed by atoms with Crippen molar-refractivity contribution in [2.75, 3.05) is 4.90 Å². The van der Waals surface area contributed by atoms with Crippen LogP contribution < -0.4 is 10.2 Å². The van der Waals surface area contributed by atoms with Crippen molar-refractivity contribution in [2.45, 2.75) is 38.3 Å². The molecule has 1 saturated heterocycles. The Labute approximate surface area is 112 Å². The Morgan fingerprint density at radius 2 is 1.89 bits per heavy atom. The fraction of sp³-hybridized carbons (Fsp3) is 0.467. The van der Waals surface area contributed by atoms with Crippen LogP contribution in [0.2, 0.25) is 0 Å². The quantitative estimate of drug-likeness (QED) is 0.897. The Bertz CT molecular complexity index is 496. The first kappa shape index (κ1) is 12.2. The molecular formula is C15H18N2O2. The molecular weight excluding hydrogens is 240 g/mol. The molecule has 1 N–H and O–H groups in total. The Morgan fingerprint density at radius 3 is 2.47 bits per heavy atom. The summed E-state index contributed by atoms with van der Waals surface area (Å²) in [5, 5.41) is 2.90. The second-order valence-electron chi connectivity index (χ2n) is 5.29. The highest BCUT2D eigenvalue weighted by molar-refractivity contribution is 6.08. The van der Waals surface area contributed by atoms with Crippen molar-refractivity contribution in [2.24, 2.45) is 5.92 Å². The molecule has 1 aliphatic carbocycles. The first-order valence-electron chi connectivity index (χ1n) is 6.91. The summed E-state index contributed by atoms with van der Waals surface area (Å²) >= 11 is 0. The normalized spacial score (nSPS) is 27.3. The highest BCUT2D eigenvalue weighted by atomic mass is 16.2. The molecule has 0 radical (unpaired) electrons. The smallest absolute Gasteiger partial charge is 0.250 e. The number of rotatable bonds is 3. The topological polar surface area (TPSA) is 49.4 Å². The number of nitrogens with one attached hydrogen (secondary N) is 1. The van der Waals surface area contributed by atoms with Gasteiger partial charge in [0.2, 0.25) is 5.91 Å². The van der Waals surface area contributed by atoms with Crippen LogP contribution in [0.1, 0.15) is 26.2 Å². The Balaban J connectivity index is 1.96. The molecule has 2 amide bonds. The molecule has 4 heteroatoms. The summed E-state index contributed by atoms with van der Waals surface area (Å²) in [6, 6.07) is 8.78. The van der Waals surface area contributed by atoms with Crippen LogP contribution in [-0.4, -0.2) is 23.9 Å². The van der Waals surface area contributed by atoms with Gasteiger partial charge in [-0.15, -0.1) is 0 Å². The van der Waals surface area contributed by atoms with Crippen molar-refractivity contribution in [1.82, 2.24) is 5.32 Å². The van der Waals surface area contributed by atoms with Gasteiger partial charge in [0.15, 0.2) is 0 Å². The molecule has 0 bridgehead atoms. The summed E-state index contributed by atoms with van der Waals surface area (Å²) in [5.41, 5.74) is 0.819. The third kappa shape index (κ3) is 2.11. The van der Waals surface area contributed by atoms with Crippen molar-refractivity contribution in [1.29, 1.82) is 0 Å². The summed E-state index contributed by atoms with van der Waals surface area (Å²) in [7, 11) is 0. The Morgan fingerprint density at radius 1 is 1.21 bits per heavy atom. The van der Waals surface area contributed by atoms with Crippen LogP contribution in [0.5, 0.6) is 0 Å². The first-order chi connectivity index (χ1) is 9.22. The minimum atomic E-state index is -0.384. The van der Waals surface area contributed by atoms with Crippen molar-refractivity contribution in [3.8, 4) is 0 Å². The van der Waals surface area contributed by atoms with E-state index in [1.54, 1.807) is 4.90 Å². The standard InChI is InChI=1S/C15H18N2O2/c1-2-12-14(18)16-13(10-8-9-10)15(19)17(12)11-6-4-3-5-7-11/h3-7,10,12-13H,2,8-9H2,1H3,(H,16,18). The SMILES string of the molecule is CCC1C(=O)NC(C2CC2)C(=O)N1c1ccccc1. The molecule has 1 aromatic carbocycles. The number of carbonyl (C=O) groups is 2. The predicted octanol–water partition coefficient (Wildman–Crippen LogP) is 1.71. The third-order valence-electron chi connectivity index (χ3n) is 3.93. The third-order valence-corrected chi connectivity index (χ3v) is 3.93. The van der Waals surface area contributed by atoms with Crippen LogP contribution in [0.25, 0.3) is 0 Å². The first-order valence-corrected chi connectivity index (χ1v) is 6.91. The van der Waals surface area contributed by atoms with Crippen molar-refractivity contribution in [3.05, 3.63) is 30.3 Å². The van der Waals surface area contributed by atoms with Gasteiger partial charge in [-0.1, -0.05) is 25.1 Å². The van der Waals surface area contributed by atoms with Crippen molar-refractivity contribution < 1.29 is 9.59 Å². The van der Waals surface area contributed by atoms with Gasteiger partial charge in [0.25, 0.3) is 5.91 Å². The van der Waals surface area contributed by atoms with Gasteiger partial charge in [-0.2, -0.15) is 0 Å². The van der Waals surface area contributed by atoms with Crippen LogP contribution in [0.3, 0.4) is 0 Å². The van der Waals surface area contributed by atoms with Crippen LogP contribution in [-0.2, 0) is 9.59 Å². The van der Waals surface area contributed by atoms with E-state index in [2.05, 4.69) is 5.32 Å². The highest BCUT2D eigenvalue weighted by Crippen LogP contribution is 2.36. The number of anilines is 1. The van der Waals surface area contributed by atoms with Crippen LogP contribution in [0, 0.1) is 5.92 Å². The molecule has 1 saturated carbocycles. The zero-order chi connectivity index (χ0) is 13.4. The van der Waals surface area contributed by atoms with E-state index in [0.29, 0.717) is 12.3 Å². The Hall–Kier alpha value is -1.84. The molecule has 1 aromatic rings. The minimum absolute atomic E-state index is 0.0251. The van der Waals surface area contributed by atoms with E-state index in [0.717, 1.165) is 18.5 Å². The molecule has 100 valence electrons. The lowest BCUT2D eigenvalue weighted by Gasteiger charge is -2.38. The minimum Gasteiger partial charge on any atom is -0.342 e. The molecule has 0 spiro atoms. The second kappa shape index (κ2) is 4.68. The number of nitrogens with zero attached hydrogens (tertiary/aromatic N) is 1. The highest BCUT2D eigenvalue weighted by Gasteiger charge is 2.46. The molecule has 2 fully saturated rings. The summed E-state index contributed by atoms with van der Waals surface area (Å²) in [4.78, 5) is 26.5. The van der Waals surface area contributed by atoms with Gasteiger partial charge in [0.1, 0.15) is 12.1 Å². The van der Waals surface area contributed by atoms with E-state index in [1.807, 2.05) is 37.3 Å². The number of carbonyl (C=O) groups excluding carboxylic acids is 2. The van der Waals surface area contributed by atoms with Crippen molar-refractivity contribution >= 4 is 17.5 Å². The number of para-hydroxylation sites is 1. The number of hydrogen-bond acceptors (Lipinski definition) is 2. The maximum Gasteiger partial charge on any atom is 0.250 e.